The summed E-state index contributed by atoms with van der Waals surface area (Å²) >= 11 is 1.40. The Bertz CT molecular complexity index is 629. The molecule has 1 amide bonds. The number of carbonyl (C=O) groups is 1. The maximum atomic E-state index is 12.6. The molecule has 0 radical (unpaired) electrons. The summed E-state index contributed by atoms with van der Waals surface area (Å²) in [4.78, 5) is 29.4. The largest absolute Gasteiger partial charge is 0.332 e. The van der Waals surface area contributed by atoms with Crippen molar-refractivity contribution in [3.05, 3.63) is 29.5 Å². The van der Waals surface area contributed by atoms with E-state index in [2.05, 4.69) is 33.8 Å². The van der Waals surface area contributed by atoms with Crippen LogP contribution in [-0.4, -0.2) is 63.4 Å². The summed E-state index contributed by atoms with van der Waals surface area (Å²) in [7, 11) is 2.08. The van der Waals surface area contributed by atoms with E-state index < -0.39 is 0 Å². The van der Waals surface area contributed by atoms with Gasteiger partial charge in [-0.15, -0.1) is 11.3 Å². The number of aromatic nitrogens is 3. The molecule has 3 heterocycles. The van der Waals surface area contributed by atoms with Crippen LogP contribution in [0.3, 0.4) is 0 Å². The molecule has 0 N–H and O–H groups in total. The summed E-state index contributed by atoms with van der Waals surface area (Å²) < 4.78 is 0. The van der Waals surface area contributed by atoms with Gasteiger partial charge in [0.1, 0.15) is 5.69 Å². The van der Waals surface area contributed by atoms with Crippen LogP contribution in [0.5, 0.6) is 0 Å². The van der Waals surface area contributed by atoms with Crippen molar-refractivity contribution in [2.75, 3.05) is 26.7 Å². The van der Waals surface area contributed by atoms with Crippen LogP contribution in [0.4, 0.5) is 0 Å². The molecule has 1 aliphatic rings. The first-order valence-electron chi connectivity index (χ1n) is 6.87. The van der Waals surface area contributed by atoms with Crippen molar-refractivity contribution in [3.63, 3.8) is 0 Å². The molecule has 21 heavy (non-hydrogen) atoms. The van der Waals surface area contributed by atoms with E-state index in [9.17, 15) is 4.79 Å². The zero-order valence-corrected chi connectivity index (χ0v) is 12.9. The van der Waals surface area contributed by atoms with Gasteiger partial charge in [0.25, 0.3) is 5.91 Å². The summed E-state index contributed by atoms with van der Waals surface area (Å²) in [5.74, 6) is 0.557. The van der Waals surface area contributed by atoms with Crippen molar-refractivity contribution >= 4 is 17.2 Å². The molecule has 1 fully saturated rings. The lowest BCUT2D eigenvalue weighted by molar-refractivity contribution is 0.0528. The second-order valence-electron chi connectivity index (χ2n) is 5.22. The number of nitrogens with zero attached hydrogens (tertiary/aromatic N) is 5. The van der Waals surface area contributed by atoms with Crippen molar-refractivity contribution in [1.82, 2.24) is 24.8 Å². The van der Waals surface area contributed by atoms with Crippen molar-refractivity contribution in [1.29, 1.82) is 0 Å². The van der Waals surface area contributed by atoms with E-state index in [1.54, 1.807) is 23.8 Å². The maximum Gasteiger partial charge on any atom is 0.273 e. The molecule has 1 atom stereocenters. The van der Waals surface area contributed by atoms with Crippen LogP contribution in [0.25, 0.3) is 10.8 Å². The maximum absolute atomic E-state index is 12.6. The Morgan fingerprint density at radius 3 is 2.81 bits per heavy atom. The number of rotatable bonds is 2. The van der Waals surface area contributed by atoms with Gasteiger partial charge in [0.2, 0.25) is 0 Å². The first-order valence-corrected chi connectivity index (χ1v) is 7.75. The summed E-state index contributed by atoms with van der Waals surface area (Å²) in [6.07, 6.45) is 3.35. The van der Waals surface area contributed by atoms with Crippen molar-refractivity contribution in [2.24, 2.45) is 0 Å². The highest BCUT2D eigenvalue weighted by Crippen LogP contribution is 2.21. The molecule has 0 spiro atoms. The Balaban J connectivity index is 1.78. The number of hydrogen-bond acceptors (Lipinski definition) is 6. The second-order valence-corrected chi connectivity index (χ2v) is 6.08. The average molecular weight is 303 g/mol. The third-order valence-corrected chi connectivity index (χ3v) is 4.41. The van der Waals surface area contributed by atoms with Gasteiger partial charge in [0.15, 0.2) is 10.8 Å². The molecule has 0 bridgehead atoms. The molecule has 0 aliphatic carbocycles. The molecule has 1 aliphatic heterocycles. The summed E-state index contributed by atoms with van der Waals surface area (Å²) in [6, 6.07) is 1.96. The summed E-state index contributed by atoms with van der Waals surface area (Å²) in [6.45, 7) is 4.60. The highest BCUT2D eigenvalue weighted by molar-refractivity contribution is 7.13. The summed E-state index contributed by atoms with van der Waals surface area (Å²) in [5.41, 5.74) is 0.485. The minimum atomic E-state index is -0.00553. The molecule has 0 aromatic carbocycles. The van der Waals surface area contributed by atoms with E-state index in [1.807, 2.05) is 4.90 Å². The molecule has 3 rings (SSSR count). The SMILES string of the molecule is CC1CN(C)CCN1C(=O)c1csc(-c2ncccn2)n1. The lowest BCUT2D eigenvalue weighted by Gasteiger charge is -2.37. The average Bonchev–Trinajstić information content (AvgIpc) is 2.97. The molecule has 1 unspecified atom stereocenters. The molecular weight excluding hydrogens is 286 g/mol. The van der Waals surface area contributed by atoms with E-state index in [0.29, 0.717) is 16.5 Å². The molecule has 0 saturated carbocycles. The van der Waals surface area contributed by atoms with Crippen molar-refractivity contribution < 1.29 is 4.79 Å². The Morgan fingerprint density at radius 2 is 2.10 bits per heavy atom. The first kappa shape index (κ1) is 14.1. The van der Waals surface area contributed by atoms with Crippen LogP contribution in [0.2, 0.25) is 0 Å². The molecule has 2 aromatic heterocycles. The molecule has 7 heteroatoms. The van der Waals surface area contributed by atoms with E-state index in [0.717, 1.165) is 19.6 Å². The van der Waals surface area contributed by atoms with Gasteiger partial charge in [-0.3, -0.25) is 4.79 Å². The fourth-order valence-corrected chi connectivity index (χ4v) is 3.21. The van der Waals surface area contributed by atoms with Crippen LogP contribution >= 0.6 is 11.3 Å². The number of carbonyl (C=O) groups excluding carboxylic acids is 1. The van der Waals surface area contributed by atoms with E-state index in [4.69, 9.17) is 0 Å². The third kappa shape index (κ3) is 2.93. The Hall–Kier alpha value is -1.86. The van der Waals surface area contributed by atoms with E-state index >= 15 is 0 Å². The van der Waals surface area contributed by atoms with Crippen molar-refractivity contribution in [2.45, 2.75) is 13.0 Å². The molecular formula is C14H17N5OS. The van der Waals surface area contributed by atoms with Gasteiger partial charge in [-0.25, -0.2) is 15.0 Å². The predicted octanol–water partition coefficient (Wildman–Crippen LogP) is 1.38. The Labute approximate surface area is 127 Å². The van der Waals surface area contributed by atoms with Gasteiger partial charge >= 0.3 is 0 Å². The number of thiazole rings is 1. The number of piperazine rings is 1. The van der Waals surface area contributed by atoms with Gasteiger partial charge in [0.05, 0.1) is 0 Å². The highest BCUT2D eigenvalue weighted by Gasteiger charge is 2.28. The monoisotopic (exact) mass is 303 g/mol. The standard InChI is InChI=1S/C14H17N5OS/c1-10-8-18(2)6-7-19(10)14(20)11-9-21-13(17-11)12-15-4-3-5-16-12/h3-5,9-10H,6-8H2,1-2H3. The first-order chi connectivity index (χ1) is 10.1. The number of hydrogen-bond donors (Lipinski definition) is 0. The summed E-state index contributed by atoms with van der Waals surface area (Å²) in [5, 5.41) is 2.47. The fraction of sp³-hybridized carbons (Fsp3) is 0.429. The normalized spacial score (nSPS) is 19.7. The Morgan fingerprint density at radius 1 is 1.33 bits per heavy atom. The highest BCUT2D eigenvalue weighted by atomic mass is 32.1. The van der Waals surface area contributed by atoms with Crippen LogP contribution < -0.4 is 0 Å². The van der Waals surface area contributed by atoms with Gasteiger partial charge in [-0.05, 0) is 20.0 Å². The van der Waals surface area contributed by atoms with Crippen LogP contribution in [0.1, 0.15) is 17.4 Å². The second kappa shape index (κ2) is 5.87. The quantitative estimate of drug-likeness (QED) is 0.838. The van der Waals surface area contributed by atoms with Gasteiger partial charge < -0.3 is 9.80 Å². The van der Waals surface area contributed by atoms with Gasteiger partial charge in [-0.2, -0.15) is 0 Å². The van der Waals surface area contributed by atoms with Gasteiger partial charge in [-0.1, -0.05) is 0 Å². The molecule has 110 valence electrons. The fourth-order valence-electron chi connectivity index (χ4n) is 2.47. The molecule has 1 saturated heterocycles. The number of likely N-dealkylation sites (N-methyl/N-ethyl adjacent to an activating group) is 1. The smallest absolute Gasteiger partial charge is 0.273 e. The van der Waals surface area contributed by atoms with E-state index in [-0.39, 0.29) is 11.9 Å². The zero-order chi connectivity index (χ0) is 14.8. The Kier molecular flexibility index (Phi) is 3.94. The minimum absolute atomic E-state index is 0.00553. The topological polar surface area (TPSA) is 62.2 Å². The van der Waals surface area contributed by atoms with Crippen LogP contribution in [0, 0.1) is 0 Å². The van der Waals surface area contributed by atoms with Crippen LogP contribution in [-0.2, 0) is 0 Å². The van der Waals surface area contributed by atoms with Gasteiger partial charge in [0, 0.05) is 43.4 Å². The van der Waals surface area contributed by atoms with Crippen LogP contribution in [0.15, 0.2) is 23.8 Å². The third-order valence-electron chi connectivity index (χ3n) is 3.57. The lowest BCUT2D eigenvalue weighted by atomic mass is 10.2. The predicted molar refractivity (Wildman–Crippen MR) is 81.1 cm³/mol. The molecule has 2 aromatic rings. The van der Waals surface area contributed by atoms with E-state index in [1.165, 1.54) is 11.3 Å². The zero-order valence-electron chi connectivity index (χ0n) is 12.1. The van der Waals surface area contributed by atoms with Crippen molar-refractivity contribution in [3.8, 4) is 10.8 Å². The molecule has 6 nitrogen and oxygen atoms in total. The minimum Gasteiger partial charge on any atom is -0.332 e. The number of amides is 1. The lowest BCUT2D eigenvalue weighted by Crippen LogP contribution is -2.52.